The van der Waals surface area contributed by atoms with Gasteiger partial charge in [-0.05, 0) is 0 Å². The van der Waals surface area contributed by atoms with Gasteiger partial charge >= 0.3 is 0 Å². The van der Waals surface area contributed by atoms with Gasteiger partial charge in [0.25, 0.3) is 0 Å². The number of aryl methyl sites for hydroxylation is 1. The van der Waals surface area contributed by atoms with Crippen molar-refractivity contribution in [3.8, 4) is 0 Å². The lowest BCUT2D eigenvalue weighted by atomic mass is 10.3. The quantitative estimate of drug-likeness (QED) is 0.669. The van der Waals surface area contributed by atoms with E-state index in [1.54, 1.807) is 6.92 Å². The van der Waals surface area contributed by atoms with Gasteiger partial charge in [-0.1, -0.05) is 10.4 Å². The Labute approximate surface area is 85.1 Å². The molecule has 2 aromatic heterocycles. The molecule has 0 aliphatic carbocycles. The van der Waals surface area contributed by atoms with E-state index < -0.39 is 0 Å². The van der Waals surface area contributed by atoms with Crippen LogP contribution in [0.3, 0.4) is 0 Å². The van der Waals surface area contributed by atoms with Gasteiger partial charge in [0.1, 0.15) is 12.2 Å². The first kappa shape index (κ1) is 9.50. The molecule has 0 bridgehead atoms. The lowest BCUT2D eigenvalue weighted by molar-refractivity contribution is 0.100. The summed E-state index contributed by atoms with van der Waals surface area (Å²) in [6.07, 6.45) is 1.41. The van der Waals surface area contributed by atoms with Gasteiger partial charge < -0.3 is 4.52 Å². The van der Waals surface area contributed by atoms with Crippen molar-refractivity contribution in [3.63, 3.8) is 0 Å². The highest BCUT2D eigenvalue weighted by molar-refractivity contribution is 5.91. The number of carbonyl (C=O) groups is 1. The predicted octanol–water partition coefficient (Wildman–Crippen LogP) is 0.220. The van der Waals surface area contributed by atoms with Crippen LogP contribution in [0.5, 0.6) is 0 Å². The van der Waals surface area contributed by atoms with Gasteiger partial charge in [0.2, 0.25) is 5.89 Å². The molecule has 0 aromatic carbocycles. The van der Waals surface area contributed by atoms with E-state index in [0.29, 0.717) is 17.4 Å². The molecule has 7 nitrogen and oxygen atoms in total. The van der Waals surface area contributed by atoms with Gasteiger partial charge in [-0.25, -0.2) is 4.68 Å². The second kappa shape index (κ2) is 3.60. The van der Waals surface area contributed by atoms with Crippen LogP contribution < -0.4 is 0 Å². The zero-order valence-electron chi connectivity index (χ0n) is 8.34. The maximum absolute atomic E-state index is 11.2. The Balaban J connectivity index is 2.24. The molecule has 0 fully saturated rings. The molecule has 15 heavy (non-hydrogen) atoms. The summed E-state index contributed by atoms with van der Waals surface area (Å²) in [5.41, 5.74) is 0.428. The molecule has 0 spiro atoms. The van der Waals surface area contributed by atoms with Gasteiger partial charge in [-0.15, -0.1) is 5.10 Å². The Morgan fingerprint density at radius 2 is 2.40 bits per heavy atom. The molecule has 2 aromatic rings. The van der Waals surface area contributed by atoms with Crippen LogP contribution in [0.15, 0.2) is 10.7 Å². The Kier molecular flexibility index (Phi) is 2.28. The van der Waals surface area contributed by atoms with Crippen LogP contribution in [-0.4, -0.2) is 30.9 Å². The van der Waals surface area contributed by atoms with Gasteiger partial charge in [-0.3, -0.25) is 4.79 Å². The third kappa shape index (κ3) is 1.90. The van der Waals surface area contributed by atoms with E-state index in [-0.39, 0.29) is 12.3 Å². The molecule has 78 valence electrons. The van der Waals surface area contributed by atoms with E-state index in [1.807, 2.05) is 0 Å². The number of hydrogen-bond donors (Lipinski definition) is 0. The third-order valence-electron chi connectivity index (χ3n) is 1.84. The van der Waals surface area contributed by atoms with Crippen LogP contribution in [0.2, 0.25) is 0 Å². The molecule has 0 aliphatic heterocycles. The van der Waals surface area contributed by atoms with Gasteiger partial charge in [0, 0.05) is 13.8 Å². The van der Waals surface area contributed by atoms with Crippen LogP contribution in [0, 0.1) is 6.92 Å². The molecule has 7 heteroatoms. The number of ketones is 1. The largest absolute Gasteiger partial charge is 0.340 e. The van der Waals surface area contributed by atoms with Crippen molar-refractivity contribution < 1.29 is 9.32 Å². The molecule has 0 saturated heterocycles. The minimum atomic E-state index is -0.0970. The number of nitrogens with zero attached hydrogens (tertiary/aromatic N) is 5. The minimum Gasteiger partial charge on any atom is -0.340 e. The Hall–Kier alpha value is -2.05. The summed E-state index contributed by atoms with van der Waals surface area (Å²) in [5.74, 6) is 0.857. The first-order valence-corrected chi connectivity index (χ1v) is 4.35. The number of Topliss-reactive ketones (excluding diaryl/α,β-unsaturated/α-hetero) is 1. The van der Waals surface area contributed by atoms with E-state index in [0.717, 1.165) is 0 Å². The van der Waals surface area contributed by atoms with Crippen molar-refractivity contribution in [2.45, 2.75) is 20.4 Å². The zero-order valence-corrected chi connectivity index (χ0v) is 8.34. The highest BCUT2D eigenvalue weighted by Gasteiger charge is 2.11. The summed E-state index contributed by atoms with van der Waals surface area (Å²) < 4.78 is 6.24. The van der Waals surface area contributed by atoms with E-state index in [9.17, 15) is 4.79 Å². The summed E-state index contributed by atoms with van der Waals surface area (Å²) in [6, 6.07) is 0. The first-order valence-electron chi connectivity index (χ1n) is 4.35. The number of hydrogen-bond acceptors (Lipinski definition) is 6. The predicted molar refractivity (Wildman–Crippen MR) is 48.2 cm³/mol. The zero-order chi connectivity index (χ0) is 10.8. The fraction of sp³-hybridized carbons (Fsp3) is 0.375. The average molecular weight is 207 g/mol. The fourth-order valence-corrected chi connectivity index (χ4v) is 1.19. The second-order valence-electron chi connectivity index (χ2n) is 3.06. The van der Waals surface area contributed by atoms with Crippen LogP contribution >= 0.6 is 0 Å². The van der Waals surface area contributed by atoms with Crippen LogP contribution in [-0.2, 0) is 6.54 Å². The highest BCUT2D eigenvalue weighted by atomic mass is 16.5. The summed E-state index contributed by atoms with van der Waals surface area (Å²) in [7, 11) is 0. The summed E-state index contributed by atoms with van der Waals surface area (Å²) in [5, 5.41) is 11.1. The second-order valence-corrected chi connectivity index (χ2v) is 3.06. The fourth-order valence-electron chi connectivity index (χ4n) is 1.19. The Morgan fingerprint density at radius 1 is 1.60 bits per heavy atom. The molecule has 0 N–H and O–H groups in total. The molecule has 0 radical (unpaired) electrons. The van der Waals surface area contributed by atoms with Gasteiger partial charge in [-0.2, -0.15) is 4.98 Å². The van der Waals surface area contributed by atoms with Gasteiger partial charge in [0.15, 0.2) is 11.6 Å². The highest BCUT2D eigenvalue weighted by Crippen LogP contribution is 2.02. The molecular formula is C8H9N5O2. The molecule has 2 heterocycles. The minimum absolute atomic E-state index is 0.0970. The third-order valence-corrected chi connectivity index (χ3v) is 1.84. The van der Waals surface area contributed by atoms with Crippen LogP contribution in [0.4, 0.5) is 0 Å². The van der Waals surface area contributed by atoms with Crippen molar-refractivity contribution in [1.29, 1.82) is 0 Å². The van der Waals surface area contributed by atoms with E-state index in [4.69, 9.17) is 4.52 Å². The normalized spacial score (nSPS) is 10.5. The Morgan fingerprint density at radius 3 is 3.00 bits per heavy atom. The molecule has 0 aliphatic rings. The molecular weight excluding hydrogens is 198 g/mol. The molecule has 0 saturated carbocycles. The summed E-state index contributed by atoms with van der Waals surface area (Å²) in [4.78, 5) is 15.2. The lowest BCUT2D eigenvalue weighted by Gasteiger charge is -1.98. The first-order chi connectivity index (χ1) is 7.16. The molecule has 0 amide bonds. The SMILES string of the molecule is CC(=O)c1cnnn1Cc1noc(C)n1. The monoisotopic (exact) mass is 207 g/mol. The lowest BCUT2D eigenvalue weighted by Crippen LogP contribution is -2.10. The maximum Gasteiger partial charge on any atom is 0.223 e. The van der Waals surface area contributed by atoms with Crippen molar-refractivity contribution in [1.82, 2.24) is 25.1 Å². The van der Waals surface area contributed by atoms with E-state index in [2.05, 4.69) is 20.5 Å². The maximum atomic E-state index is 11.2. The van der Waals surface area contributed by atoms with Crippen molar-refractivity contribution in [2.75, 3.05) is 0 Å². The van der Waals surface area contributed by atoms with E-state index in [1.165, 1.54) is 17.8 Å². The number of aromatic nitrogens is 5. The molecule has 0 unspecified atom stereocenters. The standard InChI is InChI=1S/C8H9N5O2/c1-5(14)7-3-9-12-13(7)4-8-10-6(2)15-11-8/h3H,4H2,1-2H3. The topological polar surface area (TPSA) is 86.7 Å². The number of carbonyl (C=O) groups excluding carboxylic acids is 1. The van der Waals surface area contributed by atoms with Crippen LogP contribution in [0.1, 0.15) is 29.1 Å². The van der Waals surface area contributed by atoms with E-state index >= 15 is 0 Å². The van der Waals surface area contributed by atoms with Crippen LogP contribution in [0.25, 0.3) is 0 Å². The summed E-state index contributed by atoms with van der Waals surface area (Å²) >= 11 is 0. The molecule has 0 atom stereocenters. The Bertz CT molecular complexity index is 487. The van der Waals surface area contributed by atoms with Crippen molar-refractivity contribution in [3.05, 3.63) is 23.6 Å². The van der Waals surface area contributed by atoms with Crippen molar-refractivity contribution in [2.24, 2.45) is 0 Å². The smallest absolute Gasteiger partial charge is 0.223 e. The average Bonchev–Trinajstić information content (AvgIpc) is 2.75. The summed E-state index contributed by atoms with van der Waals surface area (Å²) in [6.45, 7) is 3.44. The van der Waals surface area contributed by atoms with Gasteiger partial charge in [0.05, 0.1) is 6.20 Å². The number of rotatable bonds is 3. The molecule has 2 rings (SSSR count). The van der Waals surface area contributed by atoms with Crippen molar-refractivity contribution >= 4 is 5.78 Å².